The fourth-order valence-corrected chi connectivity index (χ4v) is 2.38. The summed E-state index contributed by atoms with van der Waals surface area (Å²) in [5.74, 6) is 0. The Labute approximate surface area is 68.1 Å². The minimum atomic E-state index is 0.344. The Morgan fingerprint density at radius 3 is 2.45 bits per heavy atom. The van der Waals surface area contributed by atoms with Crippen LogP contribution in [0.3, 0.4) is 0 Å². The Hall–Kier alpha value is -0.0800. The van der Waals surface area contributed by atoms with Crippen LogP contribution in [-0.4, -0.2) is 19.3 Å². The van der Waals surface area contributed by atoms with E-state index in [-0.39, 0.29) is 0 Å². The van der Waals surface area contributed by atoms with Crippen molar-refractivity contribution >= 4 is 0 Å². The summed E-state index contributed by atoms with van der Waals surface area (Å²) in [6, 6.07) is 0. The number of hydrogen-bond acceptors (Lipinski definition) is 2. The molecule has 2 fully saturated rings. The van der Waals surface area contributed by atoms with Crippen LogP contribution in [-0.2, 0) is 4.74 Å². The molecule has 0 radical (unpaired) electrons. The van der Waals surface area contributed by atoms with Crippen molar-refractivity contribution in [1.29, 1.82) is 0 Å². The largest absolute Gasteiger partial charge is 0.376 e. The van der Waals surface area contributed by atoms with E-state index >= 15 is 0 Å². The zero-order valence-corrected chi connectivity index (χ0v) is 7.39. The van der Waals surface area contributed by atoms with Gasteiger partial charge in [0.2, 0.25) is 0 Å². The maximum Gasteiger partial charge on any atom is 0.0703 e. The second-order valence-electron chi connectivity index (χ2n) is 4.71. The third kappa shape index (κ3) is 0.926. The van der Waals surface area contributed by atoms with E-state index in [2.05, 4.69) is 13.8 Å². The molecule has 0 amide bonds. The van der Waals surface area contributed by atoms with Gasteiger partial charge in [-0.1, -0.05) is 13.8 Å². The van der Waals surface area contributed by atoms with Gasteiger partial charge in [0.05, 0.1) is 12.7 Å². The zero-order chi connectivity index (χ0) is 8.11. The highest BCUT2D eigenvalue weighted by atomic mass is 16.5. The van der Waals surface area contributed by atoms with E-state index in [1.807, 2.05) is 0 Å². The molecule has 0 bridgehead atoms. The summed E-state index contributed by atoms with van der Waals surface area (Å²) in [7, 11) is 0. The molecule has 1 saturated heterocycles. The van der Waals surface area contributed by atoms with Gasteiger partial charge in [-0.25, -0.2) is 0 Å². The van der Waals surface area contributed by atoms with Gasteiger partial charge >= 0.3 is 0 Å². The van der Waals surface area contributed by atoms with E-state index in [9.17, 15) is 0 Å². The minimum absolute atomic E-state index is 0.344. The molecule has 2 rings (SSSR count). The molecule has 11 heavy (non-hydrogen) atoms. The lowest BCUT2D eigenvalue weighted by molar-refractivity contribution is 0.108. The Morgan fingerprint density at radius 2 is 2.18 bits per heavy atom. The Morgan fingerprint density at radius 1 is 1.55 bits per heavy atom. The van der Waals surface area contributed by atoms with Gasteiger partial charge < -0.3 is 10.5 Å². The summed E-state index contributed by atoms with van der Waals surface area (Å²) in [6.07, 6.45) is 2.87. The van der Waals surface area contributed by atoms with Gasteiger partial charge in [-0.05, 0) is 18.3 Å². The molecule has 2 nitrogen and oxygen atoms in total. The molecule has 2 atom stereocenters. The van der Waals surface area contributed by atoms with Crippen molar-refractivity contribution in [3.8, 4) is 0 Å². The highest BCUT2D eigenvalue weighted by molar-refractivity contribution is 5.12. The third-order valence-corrected chi connectivity index (χ3v) is 3.57. The summed E-state index contributed by atoms with van der Waals surface area (Å²) in [6.45, 7) is 6.30. The molecule has 2 heteroatoms. The van der Waals surface area contributed by atoms with E-state index in [0.29, 0.717) is 23.5 Å². The number of ether oxygens (including phenoxy) is 1. The quantitative estimate of drug-likeness (QED) is 0.616. The van der Waals surface area contributed by atoms with Crippen molar-refractivity contribution in [1.82, 2.24) is 0 Å². The second kappa shape index (κ2) is 1.99. The van der Waals surface area contributed by atoms with E-state index in [1.54, 1.807) is 0 Å². The Kier molecular flexibility index (Phi) is 1.37. The van der Waals surface area contributed by atoms with Crippen LogP contribution < -0.4 is 5.73 Å². The Bertz CT molecular complexity index is 178. The van der Waals surface area contributed by atoms with E-state index in [1.165, 1.54) is 12.8 Å². The van der Waals surface area contributed by atoms with Crippen LogP contribution in [0.2, 0.25) is 0 Å². The molecule has 0 aromatic rings. The first-order valence-corrected chi connectivity index (χ1v) is 4.41. The monoisotopic (exact) mass is 155 g/mol. The predicted octanol–water partition coefficient (Wildman–Crippen LogP) is 1.15. The van der Waals surface area contributed by atoms with Crippen LogP contribution in [0.15, 0.2) is 0 Å². The highest BCUT2D eigenvalue weighted by Gasteiger charge is 2.64. The summed E-state index contributed by atoms with van der Waals surface area (Å²) >= 11 is 0. The predicted molar refractivity (Wildman–Crippen MR) is 44.2 cm³/mol. The molecule has 1 saturated carbocycles. The lowest BCUT2D eigenvalue weighted by Crippen LogP contribution is -2.19. The lowest BCUT2D eigenvalue weighted by Gasteiger charge is -2.09. The molecule has 0 unspecified atom stereocenters. The maximum absolute atomic E-state index is 5.59. The summed E-state index contributed by atoms with van der Waals surface area (Å²) in [5, 5.41) is 0. The first-order valence-electron chi connectivity index (χ1n) is 4.41. The van der Waals surface area contributed by atoms with Gasteiger partial charge in [-0.15, -0.1) is 0 Å². The summed E-state index contributed by atoms with van der Waals surface area (Å²) < 4.78 is 5.59. The van der Waals surface area contributed by atoms with Gasteiger partial charge in [0.1, 0.15) is 0 Å². The lowest BCUT2D eigenvalue weighted by atomic mass is 9.93. The SMILES string of the molecule is CC1(C)C[C@@]12CO[C@@H](CN)C2. The molecule has 0 aromatic carbocycles. The maximum atomic E-state index is 5.59. The molecule has 2 aliphatic rings. The van der Waals surface area contributed by atoms with Gasteiger partial charge in [0.15, 0.2) is 0 Å². The van der Waals surface area contributed by atoms with Gasteiger partial charge in [0, 0.05) is 12.0 Å². The third-order valence-electron chi connectivity index (χ3n) is 3.57. The van der Waals surface area contributed by atoms with Gasteiger partial charge in [-0.3, -0.25) is 0 Å². The number of rotatable bonds is 1. The van der Waals surface area contributed by atoms with E-state index in [4.69, 9.17) is 10.5 Å². The van der Waals surface area contributed by atoms with Crippen molar-refractivity contribution in [2.45, 2.75) is 32.8 Å². The fraction of sp³-hybridized carbons (Fsp3) is 1.00. The van der Waals surface area contributed by atoms with Crippen LogP contribution in [0.4, 0.5) is 0 Å². The zero-order valence-electron chi connectivity index (χ0n) is 7.39. The van der Waals surface area contributed by atoms with Crippen molar-refractivity contribution in [3.63, 3.8) is 0 Å². The molecule has 0 aromatic heterocycles. The average molecular weight is 155 g/mol. The van der Waals surface area contributed by atoms with Crippen LogP contribution >= 0.6 is 0 Å². The summed E-state index contributed by atoms with van der Waals surface area (Å²) in [4.78, 5) is 0. The first-order chi connectivity index (χ1) is 5.10. The van der Waals surface area contributed by atoms with E-state index < -0.39 is 0 Å². The molecule has 64 valence electrons. The molecule has 2 N–H and O–H groups in total. The van der Waals surface area contributed by atoms with Crippen LogP contribution in [0.25, 0.3) is 0 Å². The minimum Gasteiger partial charge on any atom is -0.376 e. The van der Waals surface area contributed by atoms with E-state index in [0.717, 1.165) is 6.61 Å². The number of hydrogen-bond donors (Lipinski definition) is 1. The molecular formula is C9H17NO. The van der Waals surface area contributed by atoms with Crippen LogP contribution in [0.5, 0.6) is 0 Å². The fourth-order valence-electron chi connectivity index (χ4n) is 2.38. The van der Waals surface area contributed by atoms with Crippen molar-refractivity contribution in [3.05, 3.63) is 0 Å². The van der Waals surface area contributed by atoms with Crippen molar-refractivity contribution < 1.29 is 4.74 Å². The number of nitrogens with two attached hydrogens (primary N) is 1. The van der Waals surface area contributed by atoms with Crippen LogP contribution in [0, 0.1) is 10.8 Å². The molecule has 1 heterocycles. The van der Waals surface area contributed by atoms with Crippen molar-refractivity contribution in [2.75, 3.05) is 13.2 Å². The highest BCUT2D eigenvalue weighted by Crippen LogP contribution is 2.68. The molecule has 1 aliphatic carbocycles. The van der Waals surface area contributed by atoms with Crippen LogP contribution in [0.1, 0.15) is 26.7 Å². The summed E-state index contributed by atoms with van der Waals surface area (Å²) in [5.41, 5.74) is 6.58. The Balaban J connectivity index is 2.01. The van der Waals surface area contributed by atoms with Crippen molar-refractivity contribution in [2.24, 2.45) is 16.6 Å². The molecule has 1 aliphatic heterocycles. The van der Waals surface area contributed by atoms with Gasteiger partial charge in [0.25, 0.3) is 0 Å². The standard InChI is InChI=1S/C9H17NO/c1-8(2)5-9(8)3-7(4-10)11-6-9/h7H,3-6,10H2,1-2H3/t7-,9+/m1/s1. The smallest absolute Gasteiger partial charge is 0.0703 e. The second-order valence-corrected chi connectivity index (χ2v) is 4.71. The average Bonchev–Trinajstić information content (AvgIpc) is 2.35. The normalized spacial score (nSPS) is 46.6. The topological polar surface area (TPSA) is 35.2 Å². The first kappa shape index (κ1) is 7.56. The molecular weight excluding hydrogens is 138 g/mol. The molecule has 1 spiro atoms. The van der Waals surface area contributed by atoms with Gasteiger partial charge in [-0.2, -0.15) is 0 Å².